The molecule has 1 aromatic heterocycles. The molecule has 3 fully saturated rings. The maximum atomic E-state index is 15.8. The van der Waals surface area contributed by atoms with Crippen molar-refractivity contribution in [3.63, 3.8) is 0 Å². The molecule has 0 bridgehead atoms. The van der Waals surface area contributed by atoms with E-state index in [0.717, 1.165) is 19.3 Å². The first-order valence-corrected chi connectivity index (χ1v) is 14.6. The van der Waals surface area contributed by atoms with E-state index in [1.54, 1.807) is 25.1 Å². The van der Waals surface area contributed by atoms with Crippen molar-refractivity contribution in [3.8, 4) is 11.6 Å². The first-order chi connectivity index (χ1) is 19.6. The van der Waals surface area contributed by atoms with Crippen molar-refractivity contribution in [2.75, 3.05) is 6.54 Å². The van der Waals surface area contributed by atoms with Gasteiger partial charge >= 0.3 is 0 Å². The summed E-state index contributed by atoms with van der Waals surface area (Å²) in [4.78, 5) is 35.1. The van der Waals surface area contributed by atoms with Crippen LogP contribution in [0.1, 0.15) is 70.8 Å². The van der Waals surface area contributed by atoms with Crippen LogP contribution in [-0.2, 0) is 20.4 Å². The summed E-state index contributed by atoms with van der Waals surface area (Å²) in [6, 6.07) is 5.06. The van der Waals surface area contributed by atoms with Crippen molar-refractivity contribution in [1.29, 1.82) is 0 Å². The normalized spacial score (nSPS) is 26.7. The summed E-state index contributed by atoms with van der Waals surface area (Å²) >= 11 is 0. The molecular weight excluding hydrogens is 536 g/mol. The summed E-state index contributed by atoms with van der Waals surface area (Å²) in [5, 5.41) is 9.29. The number of nitrogens with two attached hydrogens (primary N) is 1. The number of amides is 1. The Balaban J connectivity index is 1.42. The van der Waals surface area contributed by atoms with Crippen LogP contribution in [0.25, 0.3) is 10.9 Å². The number of pyridine rings is 1. The molecule has 2 aromatic rings. The maximum absolute atomic E-state index is 15.8. The Morgan fingerprint density at radius 2 is 2.02 bits per heavy atom. The molecule has 1 saturated heterocycles. The van der Waals surface area contributed by atoms with Crippen LogP contribution >= 0.6 is 0 Å². The third kappa shape index (κ3) is 6.62. The SMILES string of the molecule is CC[C@@H]1[C@@H](Oc2nc3cc(OC4CC4)ccc3cc2C(F)(F)CCCCC2C[C@H]2OO)CN(C(=O)[C@H](C)N)[C@@H]1C=O. The molecule has 224 valence electrons. The lowest BCUT2D eigenvalue weighted by molar-refractivity contribution is -0.256. The average molecular weight is 576 g/mol. The fraction of sp³-hybridized carbons (Fsp3) is 0.633. The summed E-state index contributed by atoms with van der Waals surface area (Å²) in [5.74, 6) is -3.41. The van der Waals surface area contributed by atoms with Gasteiger partial charge in [-0.05, 0) is 69.6 Å². The van der Waals surface area contributed by atoms with E-state index in [4.69, 9.17) is 20.5 Å². The largest absolute Gasteiger partial charge is 0.490 e. The second kappa shape index (κ2) is 12.1. The van der Waals surface area contributed by atoms with Gasteiger partial charge in [0.25, 0.3) is 5.92 Å². The van der Waals surface area contributed by atoms with E-state index in [2.05, 4.69) is 9.87 Å². The number of alkyl halides is 2. The standard InChI is InChI=1S/C30H39F2N3O6/c1-3-22-25(16-36)35(29(37)17(2)33)15-27(22)40-28-23(30(31,32)11-5-4-6-19-13-26(19)41-38)12-18-7-8-21(14-24(18)34-28)39-20-9-10-20/h7-8,12,14,16-17,19-20,22,25-27,38H,3-6,9-11,13,15,33H2,1-2H3/t17-,19?,22-,25+,26+,27-/m0/s1. The van der Waals surface area contributed by atoms with Gasteiger partial charge in [-0.15, -0.1) is 0 Å². The van der Waals surface area contributed by atoms with Crippen molar-refractivity contribution in [2.24, 2.45) is 17.6 Å². The van der Waals surface area contributed by atoms with Crippen LogP contribution in [0.3, 0.4) is 0 Å². The zero-order valence-electron chi connectivity index (χ0n) is 23.5. The number of hydrogen-bond donors (Lipinski definition) is 2. The number of benzene rings is 1. The summed E-state index contributed by atoms with van der Waals surface area (Å²) in [6.07, 6.45) is 4.34. The lowest BCUT2D eigenvalue weighted by Gasteiger charge is -2.25. The number of likely N-dealkylation sites (tertiary alicyclic amines) is 1. The van der Waals surface area contributed by atoms with E-state index in [0.29, 0.717) is 42.2 Å². The van der Waals surface area contributed by atoms with Crippen LogP contribution in [0, 0.1) is 11.8 Å². The number of unbranched alkanes of at least 4 members (excludes halogenated alkanes) is 1. The van der Waals surface area contributed by atoms with E-state index < -0.39 is 42.4 Å². The zero-order valence-corrected chi connectivity index (χ0v) is 23.5. The van der Waals surface area contributed by atoms with Gasteiger partial charge in [-0.2, -0.15) is 0 Å². The van der Waals surface area contributed by atoms with Gasteiger partial charge in [-0.1, -0.05) is 13.3 Å². The van der Waals surface area contributed by atoms with Crippen LogP contribution in [0.5, 0.6) is 11.6 Å². The minimum Gasteiger partial charge on any atom is -0.490 e. The van der Waals surface area contributed by atoms with Gasteiger partial charge in [0.05, 0.1) is 41.9 Å². The number of halogens is 2. The van der Waals surface area contributed by atoms with Crippen LogP contribution in [-0.4, -0.2) is 64.3 Å². The molecule has 0 radical (unpaired) electrons. The van der Waals surface area contributed by atoms with Gasteiger partial charge < -0.3 is 24.9 Å². The summed E-state index contributed by atoms with van der Waals surface area (Å²) in [5.41, 5.74) is 5.96. The second-order valence-corrected chi connectivity index (χ2v) is 11.7. The summed E-state index contributed by atoms with van der Waals surface area (Å²) < 4.78 is 43.8. The number of aldehydes is 1. The quantitative estimate of drug-likeness (QED) is 0.142. The van der Waals surface area contributed by atoms with E-state index in [1.807, 2.05) is 6.92 Å². The van der Waals surface area contributed by atoms with E-state index in [-0.39, 0.29) is 42.5 Å². The highest BCUT2D eigenvalue weighted by atomic mass is 19.3. The molecule has 9 nitrogen and oxygen atoms in total. The first-order valence-electron chi connectivity index (χ1n) is 14.6. The Bertz CT molecular complexity index is 1260. The van der Waals surface area contributed by atoms with Gasteiger partial charge in [0.15, 0.2) is 0 Å². The highest BCUT2D eigenvalue weighted by Crippen LogP contribution is 2.43. The highest BCUT2D eigenvalue weighted by molar-refractivity contribution is 5.85. The molecule has 11 heteroatoms. The van der Waals surface area contributed by atoms with Gasteiger partial charge in [-0.25, -0.2) is 18.7 Å². The highest BCUT2D eigenvalue weighted by Gasteiger charge is 2.46. The molecule has 6 atom stereocenters. The number of rotatable bonds is 14. The minimum absolute atomic E-state index is 0.0489. The number of fused-ring (bicyclic) bond motifs is 1. The number of ether oxygens (including phenoxy) is 2. The Hall–Kier alpha value is -2.89. The lowest BCUT2D eigenvalue weighted by atomic mass is 9.95. The van der Waals surface area contributed by atoms with Crippen molar-refractivity contribution in [2.45, 2.75) is 102 Å². The predicted octanol–water partition coefficient (Wildman–Crippen LogP) is 4.84. The van der Waals surface area contributed by atoms with Crippen LogP contribution < -0.4 is 15.2 Å². The molecular formula is C30H39F2N3O6. The summed E-state index contributed by atoms with van der Waals surface area (Å²) in [7, 11) is 0. The molecule has 41 heavy (non-hydrogen) atoms. The molecule has 3 aliphatic rings. The molecule has 1 aromatic carbocycles. The molecule has 1 amide bonds. The first kappa shape index (κ1) is 29.6. The average Bonchev–Trinajstić information content (AvgIpc) is 3.88. The van der Waals surface area contributed by atoms with Crippen LogP contribution in [0.2, 0.25) is 0 Å². The monoisotopic (exact) mass is 575 g/mol. The fourth-order valence-electron chi connectivity index (χ4n) is 5.82. The molecule has 0 spiro atoms. The zero-order chi connectivity index (χ0) is 29.3. The smallest absolute Gasteiger partial charge is 0.278 e. The predicted molar refractivity (Wildman–Crippen MR) is 147 cm³/mol. The third-order valence-corrected chi connectivity index (χ3v) is 8.48. The van der Waals surface area contributed by atoms with Gasteiger partial charge in [0.2, 0.25) is 11.8 Å². The number of carbonyl (C=O) groups excluding carboxylic acids is 2. The number of carbonyl (C=O) groups is 2. The molecule has 2 aliphatic carbocycles. The molecule has 3 N–H and O–H groups in total. The van der Waals surface area contributed by atoms with Crippen molar-refractivity contribution >= 4 is 23.1 Å². The van der Waals surface area contributed by atoms with Gasteiger partial charge in [-0.3, -0.25) is 10.1 Å². The number of hydrogen-bond acceptors (Lipinski definition) is 8. The van der Waals surface area contributed by atoms with Crippen molar-refractivity contribution in [1.82, 2.24) is 9.88 Å². The number of aromatic nitrogens is 1. The molecule has 2 saturated carbocycles. The molecule has 1 aliphatic heterocycles. The Morgan fingerprint density at radius 3 is 2.66 bits per heavy atom. The van der Waals surface area contributed by atoms with Gasteiger partial charge in [0.1, 0.15) is 18.1 Å². The third-order valence-electron chi connectivity index (χ3n) is 8.48. The van der Waals surface area contributed by atoms with Crippen molar-refractivity contribution < 1.29 is 38.0 Å². The van der Waals surface area contributed by atoms with Crippen molar-refractivity contribution in [3.05, 3.63) is 29.8 Å². The second-order valence-electron chi connectivity index (χ2n) is 11.7. The van der Waals surface area contributed by atoms with E-state index in [9.17, 15) is 9.59 Å². The fourth-order valence-corrected chi connectivity index (χ4v) is 5.82. The summed E-state index contributed by atoms with van der Waals surface area (Å²) in [6.45, 7) is 3.46. The Morgan fingerprint density at radius 1 is 1.24 bits per heavy atom. The maximum Gasteiger partial charge on any atom is 0.278 e. The van der Waals surface area contributed by atoms with E-state index in [1.165, 1.54) is 11.0 Å². The lowest BCUT2D eigenvalue weighted by Crippen LogP contribution is -2.46. The minimum atomic E-state index is -3.23. The van der Waals surface area contributed by atoms with Crippen LogP contribution in [0.4, 0.5) is 8.78 Å². The van der Waals surface area contributed by atoms with Gasteiger partial charge in [0, 0.05) is 23.8 Å². The Labute approximate surface area is 238 Å². The van der Waals surface area contributed by atoms with Crippen LogP contribution in [0.15, 0.2) is 24.3 Å². The molecule has 1 unspecified atom stereocenters. The topological polar surface area (TPSA) is 124 Å². The molecule has 5 rings (SSSR count). The van der Waals surface area contributed by atoms with E-state index >= 15 is 8.78 Å². The Kier molecular flexibility index (Phi) is 8.77. The molecule has 2 heterocycles. The number of nitrogens with zero attached hydrogens (tertiary/aromatic N) is 2.